The molecule has 0 saturated carbocycles. The number of halogens is 1. The molecule has 0 aliphatic carbocycles. The van der Waals surface area contributed by atoms with Gasteiger partial charge in [-0.1, -0.05) is 23.7 Å². The summed E-state index contributed by atoms with van der Waals surface area (Å²) in [5.74, 6) is -0.106. The number of nitrogen functional groups attached to an aromatic ring is 1. The Kier molecular flexibility index (Phi) is 6.14. The average molecular weight is 413 g/mol. The molecule has 5 N–H and O–H groups in total. The van der Waals surface area contributed by atoms with Crippen molar-refractivity contribution in [3.05, 3.63) is 52.9 Å². The molecule has 1 aliphatic heterocycles. The molecule has 0 bridgehead atoms. The molecule has 1 fully saturated rings. The van der Waals surface area contributed by atoms with Gasteiger partial charge < -0.3 is 21.7 Å². The lowest BCUT2D eigenvalue weighted by Crippen LogP contribution is -2.52. The van der Waals surface area contributed by atoms with Crippen molar-refractivity contribution >= 4 is 29.3 Å². The van der Waals surface area contributed by atoms with E-state index in [2.05, 4.69) is 20.3 Å². The van der Waals surface area contributed by atoms with Crippen LogP contribution in [-0.4, -0.2) is 46.4 Å². The van der Waals surface area contributed by atoms with Crippen molar-refractivity contribution in [1.29, 1.82) is 5.26 Å². The second-order valence-corrected chi connectivity index (χ2v) is 7.26. The number of nitrogens with two attached hydrogens (primary N) is 2. The maximum absolute atomic E-state index is 12.6. The van der Waals surface area contributed by atoms with Gasteiger partial charge in [-0.3, -0.25) is 4.79 Å². The molecule has 3 rings (SSSR count). The first-order valence-corrected chi connectivity index (χ1v) is 9.41. The van der Waals surface area contributed by atoms with Gasteiger partial charge in [0, 0.05) is 42.5 Å². The number of aliphatic imine (C=N–C) groups is 1. The Bertz CT molecular complexity index is 963. The SMILES string of the molecule is N#C/N=C(/N)N1CCC(CNC(=O)c2nccnc2N)(c2cccc(Cl)c2)CC1. The molecule has 2 heterocycles. The second kappa shape index (κ2) is 8.75. The normalized spacial score (nSPS) is 16.1. The van der Waals surface area contributed by atoms with Crippen molar-refractivity contribution in [2.24, 2.45) is 10.7 Å². The number of nitrogens with zero attached hydrogens (tertiary/aromatic N) is 5. The number of aromatic nitrogens is 2. The van der Waals surface area contributed by atoms with E-state index in [1.54, 1.807) is 6.19 Å². The number of anilines is 1. The Balaban J connectivity index is 1.82. The van der Waals surface area contributed by atoms with Crippen LogP contribution in [0.3, 0.4) is 0 Å². The number of guanidine groups is 1. The van der Waals surface area contributed by atoms with E-state index in [4.69, 9.17) is 28.3 Å². The average Bonchev–Trinajstić information content (AvgIpc) is 2.73. The Morgan fingerprint density at radius 1 is 1.34 bits per heavy atom. The summed E-state index contributed by atoms with van der Waals surface area (Å²) in [5.41, 5.74) is 12.4. The van der Waals surface area contributed by atoms with Crippen LogP contribution < -0.4 is 16.8 Å². The number of rotatable bonds is 4. The molecule has 10 heteroatoms. The van der Waals surface area contributed by atoms with Gasteiger partial charge in [-0.25, -0.2) is 9.97 Å². The van der Waals surface area contributed by atoms with Gasteiger partial charge in [0.25, 0.3) is 5.91 Å². The van der Waals surface area contributed by atoms with E-state index in [9.17, 15) is 4.79 Å². The third-order valence-electron chi connectivity index (χ3n) is 5.18. The van der Waals surface area contributed by atoms with Crippen molar-refractivity contribution in [3.8, 4) is 6.19 Å². The number of piperidine rings is 1. The molecule has 0 spiro atoms. The monoisotopic (exact) mass is 412 g/mol. The maximum atomic E-state index is 12.6. The zero-order valence-electron chi connectivity index (χ0n) is 15.7. The molecular weight excluding hydrogens is 392 g/mol. The highest BCUT2D eigenvalue weighted by Crippen LogP contribution is 2.36. The lowest BCUT2D eigenvalue weighted by molar-refractivity contribution is 0.0928. The number of likely N-dealkylation sites (tertiary alicyclic amines) is 1. The third-order valence-corrected chi connectivity index (χ3v) is 5.41. The summed E-state index contributed by atoms with van der Waals surface area (Å²) in [7, 11) is 0. The third kappa shape index (κ3) is 4.55. The molecule has 1 aromatic heterocycles. The highest BCUT2D eigenvalue weighted by atomic mass is 35.5. The van der Waals surface area contributed by atoms with Gasteiger partial charge in [0.1, 0.15) is 0 Å². The van der Waals surface area contributed by atoms with Gasteiger partial charge in [0.15, 0.2) is 11.5 Å². The smallest absolute Gasteiger partial charge is 0.273 e. The molecule has 0 atom stereocenters. The van der Waals surface area contributed by atoms with Crippen LogP contribution in [-0.2, 0) is 5.41 Å². The van der Waals surface area contributed by atoms with Crippen LogP contribution in [0.25, 0.3) is 0 Å². The van der Waals surface area contributed by atoms with Crippen LogP contribution in [0.5, 0.6) is 0 Å². The van der Waals surface area contributed by atoms with E-state index in [-0.39, 0.29) is 28.8 Å². The summed E-state index contributed by atoms with van der Waals surface area (Å²) in [4.78, 5) is 26.0. The van der Waals surface area contributed by atoms with Crippen molar-refractivity contribution in [1.82, 2.24) is 20.2 Å². The summed E-state index contributed by atoms with van der Waals surface area (Å²) in [6, 6.07) is 7.61. The molecule has 29 heavy (non-hydrogen) atoms. The quantitative estimate of drug-likeness (QED) is 0.389. The summed E-state index contributed by atoms with van der Waals surface area (Å²) in [6.45, 7) is 1.55. The van der Waals surface area contributed by atoms with Crippen molar-refractivity contribution in [2.75, 3.05) is 25.4 Å². The largest absolute Gasteiger partial charge is 0.382 e. The topological polar surface area (TPSA) is 146 Å². The van der Waals surface area contributed by atoms with E-state index in [0.717, 1.165) is 5.56 Å². The molecular formula is C19H21ClN8O. The first-order chi connectivity index (χ1) is 13.9. The minimum atomic E-state index is -0.384. The summed E-state index contributed by atoms with van der Waals surface area (Å²) < 4.78 is 0. The number of carbonyl (C=O) groups is 1. The highest BCUT2D eigenvalue weighted by molar-refractivity contribution is 6.30. The number of nitriles is 1. The Morgan fingerprint density at radius 3 is 2.72 bits per heavy atom. The summed E-state index contributed by atoms with van der Waals surface area (Å²) >= 11 is 6.22. The molecule has 1 aromatic carbocycles. The summed E-state index contributed by atoms with van der Waals surface area (Å²) in [5, 5.41) is 12.3. The molecule has 150 valence electrons. The maximum Gasteiger partial charge on any atom is 0.273 e. The molecule has 0 radical (unpaired) electrons. The van der Waals surface area contributed by atoms with E-state index < -0.39 is 0 Å². The van der Waals surface area contributed by atoms with Crippen LogP contribution >= 0.6 is 11.6 Å². The van der Waals surface area contributed by atoms with Gasteiger partial charge in [-0.2, -0.15) is 5.26 Å². The second-order valence-electron chi connectivity index (χ2n) is 6.82. The number of hydrogen-bond acceptors (Lipinski definition) is 6. The number of hydrogen-bond donors (Lipinski definition) is 3. The minimum Gasteiger partial charge on any atom is -0.382 e. The Hall–Kier alpha value is -3.38. The molecule has 2 aromatic rings. The fourth-order valence-corrected chi connectivity index (χ4v) is 3.72. The van der Waals surface area contributed by atoms with E-state index in [1.807, 2.05) is 29.2 Å². The van der Waals surface area contributed by atoms with Crippen LogP contribution in [0, 0.1) is 11.5 Å². The van der Waals surface area contributed by atoms with Crippen molar-refractivity contribution in [3.63, 3.8) is 0 Å². The van der Waals surface area contributed by atoms with Gasteiger partial charge in [0.05, 0.1) is 0 Å². The Morgan fingerprint density at radius 2 is 2.07 bits per heavy atom. The van der Waals surface area contributed by atoms with Gasteiger partial charge >= 0.3 is 0 Å². The van der Waals surface area contributed by atoms with E-state index >= 15 is 0 Å². The first kappa shape index (κ1) is 20.4. The molecule has 0 unspecified atom stereocenters. The molecule has 9 nitrogen and oxygen atoms in total. The number of nitrogens with one attached hydrogen (secondary N) is 1. The highest BCUT2D eigenvalue weighted by Gasteiger charge is 2.37. The predicted octanol–water partition coefficient (Wildman–Crippen LogP) is 1.27. The predicted molar refractivity (Wildman–Crippen MR) is 110 cm³/mol. The minimum absolute atomic E-state index is 0.0807. The van der Waals surface area contributed by atoms with E-state index in [1.165, 1.54) is 12.4 Å². The fourth-order valence-electron chi connectivity index (χ4n) is 3.53. The molecule has 1 saturated heterocycles. The lowest BCUT2D eigenvalue weighted by atomic mass is 9.72. The number of benzene rings is 1. The zero-order chi connectivity index (χ0) is 20.9. The number of carbonyl (C=O) groups excluding carboxylic acids is 1. The van der Waals surface area contributed by atoms with Crippen LogP contribution in [0.4, 0.5) is 5.82 Å². The molecule has 1 aliphatic rings. The molecule has 1 amide bonds. The van der Waals surface area contributed by atoms with Crippen LogP contribution in [0.1, 0.15) is 28.9 Å². The lowest BCUT2D eigenvalue weighted by Gasteiger charge is -2.42. The van der Waals surface area contributed by atoms with Crippen LogP contribution in [0.2, 0.25) is 5.02 Å². The van der Waals surface area contributed by atoms with Gasteiger partial charge in [-0.05, 0) is 30.5 Å². The zero-order valence-corrected chi connectivity index (χ0v) is 16.4. The first-order valence-electron chi connectivity index (χ1n) is 9.03. The number of amides is 1. The Labute approximate surface area is 173 Å². The van der Waals surface area contributed by atoms with Gasteiger partial charge in [0.2, 0.25) is 12.2 Å². The van der Waals surface area contributed by atoms with Crippen molar-refractivity contribution < 1.29 is 4.79 Å². The van der Waals surface area contributed by atoms with Gasteiger partial charge in [-0.15, -0.1) is 4.99 Å². The summed E-state index contributed by atoms with van der Waals surface area (Å²) in [6.07, 6.45) is 5.94. The van der Waals surface area contributed by atoms with Crippen LogP contribution in [0.15, 0.2) is 41.7 Å². The fraction of sp³-hybridized carbons (Fsp3) is 0.316. The standard InChI is InChI=1S/C19H21ClN8O/c20-14-3-1-2-13(10-14)19(4-8-28(9-5-19)18(23)27-12-21)11-26-17(29)15-16(22)25-7-6-24-15/h1-3,6-7,10H,4-5,8-9,11H2,(H2,22,25)(H2,23,27)(H,26,29). The van der Waals surface area contributed by atoms with Crippen molar-refractivity contribution in [2.45, 2.75) is 18.3 Å². The van der Waals surface area contributed by atoms with E-state index in [0.29, 0.717) is 37.5 Å².